The number of aromatic nitrogens is 2. The number of primary amides is 1. The molecule has 1 saturated carbocycles. The molecule has 1 aliphatic carbocycles. The molecule has 0 bridgehead atoms. The highest BCUT2D eigenvalue weighted by molar-refractivity contribution is 5.92. The van der Waals surface area contributed by atoms with Gasteiger partial charge in [0.2, 0.25) is 11.8 Å². The van der Waals surface area contributed by atoms with Gasteiger partial charge in [0, 0.05) is 18.4 Å². The summed E-state index contributed by atoms with van der Waals surface area (Å²) in [5.41, 5.74) is 8.13. The van der Waals surface area contributed by atoms with E-state index >= 15 is 0 Å². The summed E-state index contributed by atoms with van der Waals surface area (Å²) >= 11 is 0. The molecule has 1 heterocycles. The molecule has 3 aromatic rings. The lowest BCUT2D eigenvalue weighted by atomic mass is 10.1. The Bertz CT molecular complexity index is 889. The molecule has 1 amide bonds. The minimum absolute atomic E-state index is 0.434. The number of rotatable bonds is 6. The molecule has 0 radical (unpaired) electrons. The summed E-state index contributed by atoms with van der Waals surface area (Å²) in [5, 5.41) is 4.06. The molecule has 5 heteroatoms. The lowest BCUT2D eigenvalue weighted by molar-refractivity contribution is 0.1000. The molecule has 0 unspecified atom stereocenters. The van der Waals surface area contributed by atoms with Crippen LogP contribution in [0.25, 0.3) is 0 Å². The number of benzene rings is 2. The monoisotopic (exact) mass is 333 g/mol. The van der Waals surface area contributed by atoms with Gasteiger partial charge < -0.3 is 10.3 Å². The van der Waals surface area contributed by atoms with Crippen molar-refractivity contribution >= 4 is 5.91 Å². The number of carbonyl (C=O) groups excluding carboxylic acids is 1. The molecule has 2 atom stereocenters. The van der Waals surface area contributed by atoms with Crippen molar-refractivity contribution in [1.29, 1.82) is 0 Å². The van der Waals surface area contributed by atoms with Crippen molar-refractivity contribution in [3.63, 3.8) is 0 Å². The molecule has 0 spiro atoms. The van der Waals surface area contributed by atoms with Crippen molar-refractivity contribution in [2.45, 2.75) is 25.2 Å². The molecule has 4 rings (SSSR count). The van der Waals surface area contributed by atoms with E-state index in [1.807, 2.05) is 18.2 Å². The first-order valence-electron chi connectivity index (χ1n) is 8.44. The average Bonchev–Trinajstić information content (AvgIpc) is 3.26. The molecule has 0 saturated heterocycles. The van der Waals surface area contributed by atoms with Gasteiger partial charge in [0.25, 0.3) is 0 Å². The zero-order chi connectivity index (χ0) is 17.2. The maximum absolute atomic E-state index is 11.3. The first-order valence-corrected chi connectivity index (χ1v) is 8.44. The van der Waals surface area contributed by atoms with Crippen molar-refractivity contribution in [1.82, 2.24) is 10.1 Å². The van der Waals surface area contributed by atoms with Crippen LogP contribution in [0.3, 0.4) is 0 Å². The van der Waals surface area contributed by atoms with Gasteiger partial charge in [-0.1, -0.05) is 47.6 Å². The lowest BCUT2D eigenvalue weighted by Crippen LogP contribution is -2.11. The molecule has 0 aliphatic heterocycles. The first-order chi connectivity index (χ1) is 12.2. The molecule has 1 aromatic heterocycles. The van der Waals surface area contributed by atoms with Gasteiger partial charge in [-0.2, -0.15) is 4.98 Å². The second-order valence-corrected chi connectivity index (χ2v) is 6.56. The van der Waals surface area contributed by atoms with E-state index in [1.165, 1.54) is 12.0 Å². The molecule has 1 fully saturated rings. The third-order valence-corrected chi connectivity index (χ3v) is 4.67. The van der Waals surface area contributed by atoms with Gasteiger partial charge in [-0.05, 0) is 41.5 Å². The van der Waals surface area contributed by atoms with E-state index in [2.05, 4.69) is 34.4 Å². The van der Waals surface area contributed by atoms with Crippen LogP contribution in [-0.2, 0) is 12.8 Å². The summed E-state index contributed by atoms with van der Waals surface area (Å²) in [7, 11) is 0. The van der Waals surface area contributed by atoms with Crippen LogP contribution < -0.4 is 5.73 Å². The quantitative estimate of drug-likeness (QED) is 0.751. The Balaban J connectivity index is 1.38. The molecule has 2 aromatic carbocycles. The fraction of sp³-hybridized carbons (Fsp3) is 0.250. The summed E-state index contributed by atoms with van der Waals surface area (Å²) in [6.45, 7) is 0. The number of amides is 1. The van der Waals surface area contributed by atoms with Gasteiger partial charge in [-0.15, -0.1) is 0 Å². The van der Waals surface area contributed by atoms with E-state index in [0.29, 0.717) is 35.5 Å². The summed E-state index contributed by atoms with van der Waals surface area (Å²) in [4.78, 5) is 15.8. The van der Waals surface area contributed by atoms with E-state index in [9.17, 15) is 4.79 Å². The fourth-order valence-electron chi connectivity index (χ4n) is 3.27. The van der Waals surface area contributed by atoms with Gasteiger partial charge in [-0.25, -0.2) is 0 Å². The third-order valence-electron chi connectivity index (χ3n) is 4.67. The van der Waals surface area contributed by atoms with Crippen LogP contribution in [-0.4, -0.2) is 16.0 Å². The first kappa shape index (κ1) is 15.6. The van der Waals surface area contributed by atoms with E-state index in [-0.39, 0.29) is 0 Å². The summed E-state index contributed by atoms with van der Waals surface area (Å²) in [5.74, 6) is 2.06. The summed E-state index contributed by atoms with van der Waals surface area (Å²) in [6.07, 6.45) is 2.51. The van der Waals surface area contributed by atoms with Crippen LogP contribution >= 0.6 is 0 Å². The fourth-order valence-corrected chi connectivity index (χ4v) is 3.27. The van der Waals surface area contributed by atoms with Gasteiger partial charge in [0.15, 0.2) is 5.82 Å². The Morgan fingerprint density at radius 1 is 1.16 bits per heavy atom. The lowest BCUT2D eigenvalue weighted by Gasteiger charge is -1.99. The van der Waals surface area contributed by atoms with Gasteiger partial charge in [-0.3, -0.25) is 4.79 Å². The van der Waals surface area contributed by atoms with E-state index in [4.69, 9.17) is 10.3 Å². The smallest absolute Gasteiger partial charge is 0.248 e. The van der Waals surface area contributed by atoms with Gasteiger partial charge in [0.05, 0.1) is 0 Å². The Labute approximate surface area is 145 Å². The topological polar surface area (TPSA) is 82.0 Å². The average molecular weight is 333 g/mol. The molecule has 5 nitrogen and oxygen atoms in total. The molecule has 25 heavy (non-hydrogen) atoms. The maximum Gasteiger partial charge on any atom is 0.248 e. The minimum Gasteiger partial charge on any atom is -0.366 e. The molecular formula is C20H19N3O2. The number of nitrogens with zero attached hydrogens (tertiary/aromatic N) is 2. The zero-order valence-electron chi connectivity index (χ0n) is 13.8. The standard InChI is InChI=1S/C20H19N3O2/c21-20(24)15-8-4-5-13(9-15)10-18-22-19(25-23-18)12-16-11-17(16)14-6-2-1-3-7-14/h1-9,16-17H,10-12H2,(H2,21,24)/t16-,17-/m0/s1. The van der Waals surface area contributed by atoms with Crippen molar-refractivity contribution in [2.75, 3.05) is 0 Å². The SMILES string of the molecule is NC(=O)c1cccc(Cc2noc(C[C@@H]3C[C@H]3c3ccccc3)n2)c1. The maximum atomic E-state index is 11.3. The number of carbonyl (C=O) groups is 1. The van der Waals surface area contributed by atoms with Crippen LogP contribution in [0.15, 0.2) is 59.1 Å². The second kappa shape index (κ2) is 6.51. The molecular weight excluding hydrogens is 314 g/mol. The largest absolute Gasteiger partial charge is 0.366 e. The predicted molar refractivity (Wildman–Crippen MR) is 93.1 cm³/mol. The van der Waals surface area contributed by atoms with E-state index < -0.39 is 5.91 Å². The van der Waals surface area contributed by atoms with E-state index in [0.717, 1.165) is 12.0 Å². The highest BCUT2D eigenvalue weighted by Gasteiger charge is 2.39. The van der Waals surface area contributed by atoms with Crippen molar-refractivity contribution in [3.8, 4) is 0 Å². The van der Waals surface area contributed by atoms with Crippen LogP contribution in [0.1, 0.15) is 45.5 Å². The Hall–Kier alpha value is -2.95. The molecule has 2 N–H and O–H groups in total. The van der Waals surface area contributed by atoms with Crippen molar-refractivity contribution < 1.29 is 9.32 Å². The van der Waals surface area contributed by atoms with Crippen LogP contribution in [0.4, 0.5) is 0 Å². The normalized spacial score (nSPS) is 18.9. The third kappa shape index (κ3) is 3.60. The molecule has 1 aliphatic rings. The van der Waals surface area contributed by atoms with Crippen LogP contribution in [0.2, 0.25) is 0 Å². The Morgan fingerprint density at radius 3 is 2.80 bits per heavy atom. The summed E-state index contributed by atoms with van der Waals surface area (Å²) in [6, 6.07) is 17.8. The predicted octanol–water partition coefficient (Wildman–Crippen LogP) is 3.11. The van der Waals surface area contributed by atoms with Crippen LogP contribution in [0.5, 0.6) is 0 Å². The number of hydrogen-bond donors (Lipinski definition) is 1. The number of nitrogens with two attached hydrogens (primary N) is 1. The molecule has 126 valence electrons. The van der Waals surface area contributed by atoms with Crippen molar-refractivity contribution in [3.05, 3.63) is 83.0 Å². The Kier molecular flexibility index (Phi) is 4.06. The highest BCUT2D eigenvalue weighted by Crippen LogP contribution is 2.48. The number of hydrogen-bond acceptors (Lipinski definition) is 4. The van der Waals surface area contributed by atoms with Gasteiger partial charge in [0.1, 0.15) is 0 Å². The van der Waals surface area contributed by atoms with E-state index in [1.54, 1.807) is 12.1 Å². The summed E-state index contributed by atoms with van der Waals surface area (Å²) < 4.78 is 5.40. The second-order valence-electron chi connectivity index (χ2n) is 6.56. The highest BCUT2D eigenvalue weighted by atomic mass is 16.5. The minimum atomic E-state index is -0.434. The Morgan fingerprint density at radius 2 is 2.00 bits per heavy atom. The zero-order valence-corrected chi connectivity index (χ0v) is 13.8. The van der Waals surface area contributed by atoms with Crippen molar-refractivity contribution in [2.24, 2.45) is 11.7 Å². The van der Waals surface area contributed by atoms with Crippen LogP contribution in [0, 0.1) is 5.92 Å². The van der Waals surface area contributed by atoms with Gasteiger partial charge >= 0.3 is 0 Å².